The summed E-state index contributed by atoms with van der Waals surface area (Å²) in [6.45, 7) is 4.10. The van der Waals surface area contributed by atoms with Crippen molar-refractivity contribution in [1.29, 1.82) is 0 Å². The maximum Gasteiger partial charge on any atom is 0.306 e. The van der Waals surface area contributed by atoms with Gasteiger partial charge in [-0.25, -0.2) is 0 Å². The Hall–Kier alpha value is -0.900. The third-order valence-electron chi connectivity index (χ3n) is 6.17. The number of carbonyl (C=O) groups is 2. The first-order chi connectivity index (χ1) is 12.5. The van der Waals surface area contributed by atoms with Crippen LogP contribution in [0.25, 0.3) is 0 Å². The molecule has 0 aromatic rings. The molecule has 0 spiro atoms. The van der Waals surface area contributed by atoms with E-state index in [4.69, 9.17) is 5.11 Å². The number of unbranched alkanes of at least 4 members (excludes halogenated alkanes) is 4. The van der Waals surface area contributed by atoms with Crippen molar-refractivity contribution in [1.82, 2.24) is 0 Å². The summed E-state index contributed by atoms with van der Waals surface area (Å²) in [5.41, 5.74) is 0. The Morgan fingerprint density at radius 2 is 1.77 bits per heavy atom. The monoisotopic (exact) mass is 368 g/mol. The molecule has 1 saturated carbocycles. The molecule has 4 nitrogen and oxygen atoms in total. The number of carboxylic acids is 1. The lowest BCUT2D eigenvalue weighted by Crippen LogP contribution is -2.17. The van der Waals surface area contributed by atoms with Gasteiger partial charge in [0.15, 0.2) is 0 Å². The first-order valence-electron chi connectivity index (χ1n) is 10.9. The van der Waals surface area contributed by atoms with E-state index in [-0.39, 0.29) is 17.9 Å². The molecule has 0 radical (unpaired) electrons. The van der Waals surface area contributed by atoms with Gasteiger partial charge in [-0.15, -0.1) is 0 Å². The van der Waals surface area contributed by atoms with Crippen molar-refractivity contribution in [2.75, 3.05) is 0 Å². The summed E-state index contributed by atoms with van der Waals surface area (Å²) < 4.78 is 0. The topological polar surface area (TPSA) is 74.6 Å². The minimum atomic E-state index is -0.684. The average Bonchev–Trinajstić information content (AvgIpc) is 2.96. The highest BCUT2D eigenvalue weighted by molar-refractivity contribution is 5.83. The van der Waals surface area contributed by atoms with Crippen LogP contribution in [-0.4, -0.2) is 28.1 Å². The number of carbonyl (C=O) groups excluding carboxylic acids is 1. The molecule has 0 aromatic carbocycles. The molecule has 0 amide bonds. The van der Waals surface area contributed by atoms with E-state index in [0.717, 1.165) is 64.2 Å². The lowest BCUT2D eigenvalue weighted by atomic mass is 9.85. The molecule has 0 heterocycles. The maximum absolute atomic E-state index is 12.2. The maximum atomic E-state index is 12.2. The highest BCUT2D eigenvalue weighted by Gasteiger charge is 2.33. The van der Waals surface area contributed by atoms with Gasteiger partial charge < -0.3 is 10.2 Å². The zero-order valence-corrected chi connectivity index (χ0v) is 16.9. The number of ketones is 1. The Morgan fingerprint density at radius 1 is 1.04 bits per heavy atom. The standard InChI is InChI=1S/C22H40O4/c1-3-5-7-11-19(23)15-13-18-14-16-21(24)20(18)12-9-6-8-10-17(4-2)22(25)26/h17-20,23H,3-16H2,1-2H3,(H,25,26)/t17?,18-,19?,20+/m0/s1. The number of hydrogen-bond acceptors (Lipinski definition) is 3. The first kappa shape index (κ1) is 23.1. The Balaban J connectivity index is 2.24. The molecule has 1 fully saturated rings. The second-order valence-electron chi connectivity index (χ2n) is 8.18. The normalized spacial score (nSPS) is 22.5. The van der Waals surface area contributed by atoms with Crippen molar-refractivity contribution < 1.29 is 19.8 Å². The average molecular weight is 369 g/mol. The fraction of sp³-hybridized carbons (Fsp3) is 0.909. The molecule has 152 valence electrons. The molecule has 4 heteroatoms. The Labute approximate surface area is 159 Å². The highest BCUT2D eigenvalue weighted by Crippen LogP contribution is 2.36. The van der Waals surface area contributed by atoms with E-state index in [1.807, 2.05) is 6.92 Å². The number of Topliss-reactive ketones (excluding diaryl/α,β-unsaturated/α-hetero) is 1. The van der Waals surface area contributed by atoms with Crippen LogP contribution in [0, 0.1) is 17.8 Å². The highest BCUT2D eigenvalue weighted by atomic mass is 16.4. The molecule has 0 aliphatic heterocycles. The molecule has 2 unspecified atom stereocenters. The van der Waals surface area contributed by atoms with E-state index in [1.165, 1.54) is 12.8 Å². The number of carboxylic acid groups (broad SMARTS) is 1. The summed E-state index contributed by atoms with van der Waals surface area (Å²) in [6, 6.07) is 0. The number of hydrogen-bond donors (Lipinski definition) is 2. The van der Waals surface area contributed by atoms with E-state index in [2.05, 4.69) is 6.92 Å². The van der Waals surface area contributed by atoms with Crippen LogP contribution in [0.5, 0.6) is 0 Å². The summed E-state index contributed by atoms with van der Waals surface area (Å²) in [6.07, 6.45) is 13.0. The van der Waals surface area contributed by atoms with Crippen LogP contribution in [0.1, 0.15) is 104 Å². The minimum Gasteiger partial charge on any atom is -0.481 e. The van der Waals surface area contributed by atoms with Crippen molar-refractivity contribution in [3.8, 4) is 0 Å². The van der Waals surface area contributed by atoms with Crippen LogP contribution >= 0.6 is 0 Å². The predicted octanol–water partition coefficient (Wildman–Crippen LogP) is 5.36. The SMILES string of the molecule is CCCCCC(O)CC[C@H]1CCC(=O)[C@@H]1CCCCCC(CC)C(=O)O. The Kier molecular flexibility index (Phi) is 11.8. The van der Waals surface area contributed by atoms with Crippen LogP contribution in [0.2, 0.25) is 0 Å². The molecule has 1 aliphatic rings. The largest absolute Gasteiger partial charge is 0.481 e. The summed E-state index contributed by atoms with van der Waals surface area (Å²) in [4.78, 5) is 23.2. The van der Waals surface area contributed by atoms with Gasteiger partial charge in [-0.2, -0.15) is 0 Å². The summed E-state index contributed by atoms with van der Waals surface area (Å²) in [5.74, 6) is 0.138. The molecule has 1 aliphatic carbocycles. The van der Waals surface area contributed by atoms with Crippen LogP contribution in [0.3, 0.4) is 0 Å². The van der Waals surface area contributed by atoms with Gasteiger partial charge in [-0.1, -0.05) is 52.4 Å². The molecule has 0 saturated heterocycles. The van der Waals surface area contributed by atoms with Crippen molar-refractivity contribution in [2.45, 2.75) is 110 Å². The van der Waals surface area contributed by atoms with E-state index >= 15 is 0 Å². The van der Waals surface area contributed by atoms with Crippen LogP contribution in [-0.2, 0) is 9.59 Å². The minimum absolute atomic E-state index is 0.180. The van der Waals surface area contributed by atoms with Gasteiger partial charge >= 0.3 is 5.97 Å². The van der Waals surface area contributed by atoms with E-state index in [0.29, 0.717) is 24.5 Å². The molecule has 4 atom stereocenters. The first-order valence-corrected chi connectivity index (χ1v) is 10.9. The van der Waals surface area contributed by atoms with Gasteiger partial charge in [0.25, 0.3) is 0 Å². The van der Waals surface area contributed by atoms with Gasteiger partial charge in [-0.3, -0.25) is 9.59 Å². The molecule has 0 aromatic heterocycles. The molecule has 2 N–H and O–H groups in total. The van der Waals surface area contributed by atoms with Crippen molar-refractivity contribution in [3.63, 3.8) is 0 Å². The summed E-state index contributed by atoms with van der Waals surface area (Å²) in [5, 5.41) is 19.2. The van der Waals surface area contributed by atoms with Crippen molar-refractivity contribution >= 4 is 11.8 Å². The van der Waals surface area contributed by atoms with Crippen LogP contribution in [0.15, 0.2) is 0 Å². The van der Waals surface area contributed by atoms with Crippen molar-refractivity contribution in [3.05, 3.63) is 0 Å². The number of aliphatic hydroxyl groups excluding tert-OH is 1. The number of rotatable bonds is 15. The van der Waals surface area contributed by atoms with Crippen LogP contribution in [0.4, 0.5) is 0 Å². The Bertz CT molecular complexity index is 407. The lowest BCUT2D eigenvalue weighted by Gasteiger charge is -2.20. The summed E-state index contributed by atoms with van der Waals surface area (Å²) >= 11 is 0. The molecule has 1 rings (SSSR count). The number of aliphatic hydroxyl groups is 1. The smallest absolute Gasteiger partial charge is 0.306 e. The van der Waals surface area contributed by atoms with Gasteiger partial charge in [0.2, 0.25) is 0 Å². The molecular formula is C22H40O4. The summed E-state index contributed by atoms with van der Waals surface area (Å²) in [7, 11) is 0. The molecule has 0 bridgehead atoms. The third-order valence-corrected chi connectivity index (χ3v) is 6.17. The van der Waals surface area contributed by atoms with Gasteiger partial charge in [-0.05, 0) is 50.9 Å². The second-order valence-corrected chi connectivity index (χ2v) is 8.18. The van der Waals surface area contributed by atoms with Crippen molar-refractivity contribution in [2.24, 2.45) is 17.8 Å². The van der Waals surface area contributed by atoms with E-state index < -0.39 is 5.97 Å². The number of aliphatic carboxylic acids is 1. The zero-order valence-electron chi connectivity index (χ0n) is 16.9. The Morgan fingerprint density at radius 3 is 2.42 bits per heavy atom. The molecule has 26 heavy (non-hydrogen) atoms. The van der Waals surface area contributed by atoms with Gasteiger partial charge in [0, 0.05) is 12.3 Å². The molecular weight excluding hydrogens is 328 g/mol. The van der Waals surface area contributed by atoms with Gasteiger partial charge in [0.1, 0.15) is 5.78 Å². The van der Waals surface area contributed by atoms with E-state index in [1.54, 1.807) is 0 Å². The van der Waals surface area contributed by atoms with E-state index in [9.17, 15) is 14.7 Å². The quantitative estimate of drug-likeness (QED) is 0.381. The second kappa shape index (κ2) is 13.3. The predicted molar refractivity (Wildman–Crippen MR) is 105 cm³/mol. The lowest BCUT2D eigenvalue weighted by molar-refractivity contribution is -0.142. The third kappa shape index (κ3) is 8.66. The fourth-order valence-corrected chi connectivity index (χ4v) is 4.33. The van der Waals surface area contributed by atoms with Gasteiger partial charge in [0.05, 0.1) is 12.0 Å². The van der Waals surface area contributed by atoms with Crippen LogP contribution < -0.4 is 0 Å². The zero-order chi connectivity index (χ0) is 19.4. The fourth-order valence-electron chi connectivity index (χ4n) is 4.33.